The van der Waals surface area contributed by atoms with Gasteiger partial charge in [0.25, 0.3) is 0 Å². The van der Waals surface area contributed by atoms with Gasteiger partial charge in [-0.2, -0.15) is 0 Å². The zero-order valence-electron chi connectivity index (χ0n) is 15.4. The molecule has 0 bridgehead atoms. The second kappa shape index (κ2) is 7.32. The van der Waals surface area contributed by atoms with Crippen LogP contribution < -0.4 is 5.73 Å². The number of anilines is 1. The summed E-state index contributed by atoms with van der Waals surface area (Å²) in [6.07, 6.45) is 3.33. The van der Waals surface area contributed by atoms with E-state index in [1.54, 1.807) is 6.20 Å². The Kier molecular flexibility index (Phi) is 5.29. The zero-order valence-corrected chi connectivity index (χ0v) is 16.2. The predicted molar refractivity (Wildman–Crippen MR) is 102 cm³/mol. The Balaban J connectivity index is 1.80. The first-order valence-corrected chi connectivity index (χ1v) is 9.74. The van der Waals surface area contributed by atoms with Crippen molar-refractivity contribution in [2.75, 3.05) is 12.3 Å². The molecule has 140 valence electrons. The summed E-state index contributed by atoms with van der Waals surface area (Å²) in [5, 5.41) is 11.8. The lowest BCUT2D eigenvalue weighted by Crippen LogP contribution is -2.39. The van der Waals surface area contributed by atoms with Gasteiger partial charge < -0.3 is 15.6 Å². The molecular formula is C19H25N3O3S. The molecule has 0 spiro atoms. The van der Waals surface area contributed by atoms with Gasteiger partial charge in [-0.15, -0.1) is 11.3 Å². The maximum Gasteiger partial charge on any atom is 0.309 e. The Morgan fingerprint density at radius 3 is 2.92 bits per heavy atom. The lowest BCUT2D eigenvalue weighted by Gasteiger charge is -2.37. The predicted octanol–water partition coefficient (Wildman–Crippen LogP) is 3.28. The normalized spacial score (nSPS) is 25.8. The molecule has 0 amide bonds. The van der Waals surface area contributed by atoms with Crippen molar-refractivity contribution >= 4 is 23.1 Å². The maximum atomic E-state index is 12.1. The Morgan fingerprint density at radius 1 is 1.50 bits per heavy atom. The van der Waals surface area contributed by atoms with Crippen molar-refractivity contribution in [3.8, 4) is 10.6 Å². The van der Waals surface area contributed by atoms with Gasteiger partial charge in [-0.25, -0.2) is 9.97 Å². The molecule has 1 aliphatic carbocycles. The van der Waals surface area contributed by atoms with Gasteiger partial charge in [-0.1, -0.05) is 6.92 Å². The number of aliphatic hydroxyl groups is 1. The zero-order chi connectivity index (χ0) is 18.9. The average Bonchev–Trinajstić information content (AvgIpc) is 3.05. The van der Waals surface area contributed by atoms with Crippen LogP contribution in [0.2, 0.25) is 0 Å². The van der Waals surface area contributed by atoms with Crippen LogP contribution in [0, 0.1) is 18.8 Å². The molecular weight excluding hydrogens is 350 g/mol. The quantitative estimate of drug-likeness (QED) is 0.796. The highest BCUT2D eigenvalue weighted by Crippen LogP contribution is 2.45. The van der Waals surface area contributed by atoms with Crippen LogP contribution in [0.3, 0.4) is 0 Å². The molecule has 0 aromatic carbocycles. The van der Waals surface area contributed by atoms with Crippen molar-refractivity contribution in [2.24, 2.45) is 11.8 Å². The summed E-state index contributed by atoms with van der Waals surface area (Å²) in [5.74, 6) is 0.180. The number of esters is 1. The summed E-state index contributed by atoms with van der Waals surface area (Å²) >= 11 is 1.44. The molecule has 3 N–H and O–H groups in total. The van der Waals surface area contributed by atoms with Crippen molar-refractivity contribution in [3.63, 3.8) is 0 Å². The summed E-state index contributed by atoms with van der Waals surface area (Å²) in [6, 6.07) is 3.77. The van der Waals surface area contributed by atoms with E-state index < -0.39 is 5.60 Å². The van der Waals surface area contributed by atoms with Gasteiger partial charge in [0.1, 0.15) is 16.4 Å². The first-order chi connectivity index (χ1) is 12.3. The smallest absolute Gasteiger partial charge is 0.309 e. The fourth-order valence-electron chi connectivity index (χ4n) is 3.68. The third kappa shape index (κ3) is 3.73. The SMILES string of the molecule is CCOC(=O)[C@H]1CCC(O)(c2ncc(-c3cc(C)cc(N)n3)s2)C[C@H]1C. The summed E-state index contributed by atoms with van der Waals surface area (Å²) in [7, 11) is 0. The number of nitrogen functional groups attached to an aromatic ring is 1. The van der Waals surface area contributed by atoms with Crippen LogP contribution in [0.25, 0.3) is 10.6 Å². The molecule has 2 aromatic heterocycles. The van der Waals surface area contributed by atoms with Gasteiger partial charge in [0, 0.05) is 6.20 Å². The van der Waals surface area contributed by atoms with Gasteiger partial charge >= 0.3 is 5.97 Å². The van der Waals surface area contributed by atoms with E-state index in [1.165, 1.54) is 11.3 Å². The molecule has 1 unspecified atom stereocenters. The van der Waals surface area contributed by atoms with Crippen LogP contribution in [0.1, 0.15) is 43.7 Å². The number of aromatic nitrogens is 2. The molecule has 2 heterocycles. The van der Waals surface area contributed by atoms with Gasteiger partial charge in [-0.05, 0) is 56.7 Å². The fraction of sp³-hybridized carbons (Fsp3) is 0.526. The van der Waals surface area contributed by atoms with Crippen molar-refractivity contribution in [3.05, 3.63) is 28.9 Å². The number of hydrogen-bond acceptors (Lipinski definition) is 7. The molecule has 26 heavy (non-hydrogen) atoms. The van der Waals surface area contributed by atoms with E-state index in [9.17, 15) is 9.90 Å². The van der Waals surface area contributed by atoms with E-state index >= 15 is 0 Å². The number of rotatable bonds is 4. The fourth-order valence-corrected chi connectivity index (χ4v) is 4.68. The first-order valence-electron chi connectivity index (χ1n) is 8.92. The number of carbonyl (C=O) groups is 1. The summed E-state index contributed by atoms with van der Waals surface area (Å²) in [6.45, 7) is 6.15. The lowest BCUT2D eigenvalue weighted by molar-refractivity contribution is -0.154. The standard InChI is InChI=1S/C19H25N3O3S/c1-4-25-17(23)13-5-6-19(24,9-12(13)3)18-21-10-15(26-18)14-7-11(2)8-16(20)22-14/h7-8,10,12-13,24H,4-6,9H2,1-3H3,(H2,20,22)/t12-,13+,19?/m1/s1. The van der Waals surface area contributed by atoms with E-state index in [4.69, 9.17) is 10.5 Å². The minimum absolute atomic E-state index is 0.0351. The first kappa shape index (κ1) is 18.8. The van der Waals surface area contributed by atoms with Crippen molar-refractivity contribution < 1.29 is 14.6 Å². The van der Waals surface area contributed by atoms with Crippen LogP contribution in [0.15, 0.2) is 18.3 Å². The van der Waals surface area contributed by atoms with Crippen LogP contribution >= 0.6 is 11.3 Å². The topological polar surface area (TPSA) is 98.3 Å². The Labute approximate surface area is 157 Å². The van der Waals surface area contributed by atoms with E-state index in [-0.39, 0.29) is 17.8 Å². The molecule has 3 atom stereocenters. The maximum absolute atomic E-state index is 12.1. The number of thiazole rings is 1. The highest BCUT2D eigenvalue weighted by atomic mass is 32.1. The largest absolute Gasteiger partial charge is 0.466 e. The highest BCUT2D eigenvalue weighted by molar-refractivity contribution is 7.15. The minimum atomic E-state index is -1.01. The molecule has 2 aromatic rings. The van der Waals surface area contributed by atoms with Crippen LogP contribution in [-0.2, 0) is 15.1 Å². The van der Waals surface area contributed by atoms with E-state index in [0.717, 1.165) is 16.1 Å². The Bertz CT molecular complexity index is 787. The van der Waals surface area contributed by atoms with Crippen LogP contribution in [-0.4, -0.2) is 27.7 Å². The Morgan fingerprint density at radius 2 is 2.27 bits per heavy atom. The monoisotopic (exact) mass is 375 g/mol. The average molecular weight is 375 g/mol. The number of nitrogens with two attached hydrogens (primary N) is 1. The molecule has 0 saturated heterocycles. The van der Waals surface area contributed by atoms with E-state index in [1.807, 2.05) is 32.9 Å². The van der Waals surface area contributed by atoms with Gasteiger partial charge in [0.05, 0.1) is 23.1 Å². The summed E-state index contributed by atoms with van der Waals surface area (Å²) < 4.78 is 5.16. The highest BCUT2D eigenvalue weighted by Gasteiger charge is 2.43. The third-order valence-electron chi connectivity index (χ3n) is 4.95. The number of aryl methyl sites for hydroxylation is 1. The number of hydrogen-bond donors (Lipinski definition) is 2. The molecule has 0 aliphatic heterocycles. The van der Waals surface area contributed by atoms with Crippen molar-refractivity contribution in [2.45, 2.75) is 45.6 Å². The van der Waals surface area contributed by atoms with Gasteiger partial charge in [0.15, 0.2) is 0 Å². The van der Waals surface area contributed by atoms with Crippen molar-refractivity contribution in [1.29, 1.82) is 0 Å². The number of nitrogens with zero attached hydrogens (tertiary/aromatic N) is 2. The minimum Gasteiger partial charge on any atom is -0.466 e. The summed E-state index contributed by atoms with van der Waals surface area (Å²) in [5.41, 5.74) is 6.62. The molecule has 1 aliphatic rings. The number of pyridine rings is 1. The molecule has 3 rings (SSSR count). The molecule has 0 radical (unpaired) electrons. The summed E-state index contributed by atoms with van der Waals surface area (Å²) in [4.78, 5) is 21.8. The number of carbonyl (C=O) groups excluding carboxylic acids is 1. The third-order valence-corrected chi connectivity index (χ3v) is 6.16. The second-order valence-corrected chi connectivity index (χ2v) is 8.13. The molecule has 7 heteroatoms. The van der Waals surface area contributed by atoms with E-state index in [0.29, 0.717) is 36.7 Å². The Hall–Kier alpha value is -1.99. The van der Waals surface area contributed by atoms with Crippen LogP contribution in [0.5, 0.6) is 0 Å². The second-order valence-electron chi connectivity index (χ2n) is 7.09. The van der Waals surface area contributed by atoms with Gasteiger partial charge in [0.2, 0.25) is 0 Å². The van der Waals surface area contributed by atoms with E-state index in [2.05, 4.69) is 9.97 Å². The molecule has 6 nitrogen and oxygen atoms in total. The lowest BCUT2D eigenvalue weighted by atomic mass is 9.72. The molecule has 1 fully saturated rings. The molecule has 1 saturated carbocycles. The number of ether oxygens (including phenoxy) is 1. The van der Waals surface area contributed by atoms with Crippen molar-refractivity contribution in [1.82, 2.24) is 9.97 Å². The van der Waals surface area contributed by atoms with Gasteiger partial charge in [-0.3, -0.25) is 4.79 Å². The van der Waals surface area contributed by atoms with Crippen LogP contribution in [0.4, 0.5) is 5.82 Å².